The van der Waals surface area contributed by atoms with Gasteiger partial charge in [0, 0.05) is 6.54 Å². The fourth-order valence-electron chi connectivity index (χ4n) is 2.76. The first-order valence-electron chi connectivity index (χ1n) is 6.83. The molecule has 2 aliphatic rings. The summed E-state index contributed by atoms with van der Waals surface area (Å²) in [5, 5.41) is 2.90. The normalized spacial score (nSPS) is 24.5. The quantitative estimate of drug-likeness (QED) is 0.892. The number of carbonyl (C=O) groups is 2. The Balaban J connectivity index is 1.87. The topological polar surface area (TPSA) is 49.4 Å². The van der Waals surface area contributed by atoms with Gasteiger partial charge in [-0.3, -0.25) is 9.59 Å². The maximum absolute atomic E-state index is 12.5. The maximum Gasteiger partial charge on any atom is 0.249 e. The lowest BCUT2D eigenvalue weighted by Crippen LogP contribution is -2.64. The van der Waals surface area contributed by atoms with Crippen molar-refractivity contribution in [2.45, 2.75) is 44.3 Å². The van der Waals surface area contributed by atoms with E-state index in [0.717, 1.165) is 18.4 Å². The van der Waals surface area contributed by atoms with Crippen LogP contribution in [0.25, 0.3) is 0 Å². The van der Waals surface area contributed by atoms with E-state index in [9.17, 15) is 9.59 Å². The Morgan fingerprint density at radius 2 is 1.95 bits per heavy atom. The summed E-state index contributed by atoms with van der Waals surface area (Å²) in [5.74, 6) is 0.0818. The van der Waals surface area contributed by atoms with Crippen molar-refractivity contribution in [3.8, 4) is 0 Å². The predicted octanol–water partition coefficient (Wildman–Crippen LogP) is 1.46. The molecular formula is C15H18N2O2. The molecule has 0 bridgehead atoms. The minimum Gasteiger partial charge on any atom is -0.340 e. The molecule has 1 saturated carbocycles. The van der Waals surface area contributed by atoms with Gasteiger partial charge in [0.15, 0.2) is 0 Å². The predicted molar refractivity (Wildman–Crippen MR) is 71.2 cm³/mol. The second-order valence-corrected chi connectivity index (χ2v) is 5.41. The Kier molecular flexibility index (Phi) is 2.81. The first-order valence-corrected chi connectivity index (χ1v) is 6.83. The lowest BCUT2D eigenvalue weighted by Gasteiger charge is -2.39. The van der Waals surface area contributed by atoms with Gasteiger partial charge in [-0.05, 0) is 24.8 Å². The minimum atomic E-state index is -0.572. The molecule has 4 nitrogen and oxygen atoms in total. The van der Waals surface area contributed by atoms with E-state index in [1.165, 1.54) is 0 Å². The highest BCUT2D eigenvalue weighted by molar-refractivity contribution is 6.01. The molecule has 4 heteroatoms. The zero-order valence-electron chi connectivity index (χ0n) is 11.1. The molecule has 1 atom stereocenters. The van der Waals surface area contributed by atoms with Crippen molar-refractivity contribution in [2.24, 2.45) is 0 Å². The number of amides is 2. The van der Waals surface area contributed by atoms with E-state index in [-0.39, 0.29) is 17.9 Å². The third kappa shape index (κ3) is 2.01. The molecule has 0 unspecified atom stereocenters. The van der Waals surface area contributed by atoms with Gasteiger partial charge in [-0.15, -0.1) is 0 Å². The molecule has 3 rings (SSSR count). The van der Waals surface area contributed by atoms with Gasteiger partial charge < -0.3 is 10.2 Å². The van der Waals surface area contributed by atoms with Gasteiger partial charge in [0.05, 0.1) is 0 Å². The molecule has 1 heterocycles. The Hall–Kier alpha value is -1.84. The van der Waals surface area contributed by atoms with E-state index in [1.807, 2.05) is 37.3 Å². The van der Waals surface area contributed by atoms with Gasteiger partial charge in [-0.2, -0.15) is 0 Å². The van der Waals surface area contributed by atoms with Crippen LogP contribution in [-0.4, -0.2) is 28.3 Å². The number of piperazine rings is 1. The van der Waals surface area contributed by atoms with Crippen molar-refractivity contribution < 1.29 is 9.59 Å². The molecule has 2 fully saturated rings. The number of hydrogen-bond donors (Lipinski definition) is 1. The fourth-order valence-corrected chi connectivity index (χ4v) is 2.76. The Morgan fingerprint density at radius 3 is 2.53 bits per heavy atom. The fraction of sp³-hybridized carbons (Fsp3) is 0.467. The van der Waals surface area contributed by atoms with Gasteiger partial charge in [-0.1, -0.05) is 37.3 Å². The van der Waals surface area contributed by atoms with E-state index in [1.54, 1.807) is 4.90 Å². The second kappa shape index (κ2) is 4.37. The first kappa shape index (κ1) is 12.2. The molecule has 0 aromatic heterocycles. The monoisotopic (exact) mass is 258 g/mol. The summed E-state index contributed by atoms with van der Waals surface area (Å²) >= 11 is 0. The van der Waals surface area contributed by atoms with Crippen LogP contribution >= 0.6 is 0 Å². The van der Waals surface area contributed by atoms with E-state index in [4.69, 9.17) is 0 Å². The summed E-state index contributed by atoms with van der Waals surface area (Å²) < 4.78 is 0. The van der Waals surface area contributed by atoms with Crippen LogP contribution in [0.2, 0.25) is 0 Å². The molecule has 19 heavy (non-hydrogen) atoms. The summed E-state index contributed by atoms with van der Waals surface area (Å²) in [7, 11) is 0. The highest BCUT2D eigenvalue weighted by Crippen LogP contribution is 2.40. The molecule has 1 saturated heterocycles. The van der Waals surface area contributed by atoms with Gasteiger partial charge >= 0.3 is 0 Å². The number of benzene rings is 1. The Labute approximate surface area is 112 Å². The molecule has 2 amide bonds. The average molecular weight is 258 g/mol. The number of rotatable bonds is 3. The maximum atomic E-state index is 12.5. The zero-order chi connectivity index (χ0) is 13.5. The summed E-state index contributed by atoms with van der Waals surface area (Å²) in [6, 6.07) is 9.51. The molecule has 1 aromatic carbocycles. The average Bonchev–Trinajstić information content (AvgIpc) is 3.18. The van der Waals surface area contributed by atoms with Crippen LogP contribution in [0.15, 0.2) is 30.3 Å². The van der Waals surface area contributed by atoms with Crippen molar-refractivity contribution in [2.75, 3.05) is 0 Å². The molecule has 1 aromatic rings. The van der Waals surface area contributed by atoms with Crippen molar-refractivity contribution in [3.63, 3.8) is 0 Å². The molecule has 1 spiro atoms. The Morgan fingerprint density at radius 1 is 1.26 bits per heavy atom. The van der Waals surface area contributed by atoms with E-state index < -0.39 is 5.54 Å². The molecule has 1 N–H and O–H groups in total. The number of nitrogens with one attached hydrogen (secondary N) is 1. The highest BCUT2D eigenvalue weighted by Gasteiger charge is 2.58. The van der Waals surface area contributed by atoms with Crippen LogP contribution in [0.4, 0.5) is 0 Å². The van der Waals surface area contributed by atoms with Crippen molar-refractivity contribution in [1.82, 2.24) is 10.2 Å². The van der Waals surface area contributed by atoms with Crippen molar-refractivity contribution >= 4 is 11.8 Å². The molecule has 1 aliphatic carbocycles. The largest absolute Gasteiger partial charge is 0.340 e. The second-order valence-electron chi connectivity index (χ2n) is 5.41. The third-order valence-corrected chi connectivity index (χ3v) is 4.04. The van der Waals surface area contributed by atoms with Crippen LogP contribution in [-0.2, 0) is 16.1 Å². The lowest BCUT2D eigenvalue weighted by atomic mass is 10.0. The number of carbonyl (C=O) groups excluding carboxylic acids is 2. The van der Waals surface area contributed by atoms with E-state index in [0.29, 0.717) is 13.0 Å². The Bertz CT molecular complexity index is 508. The third-order valence-electron chi connectivity index (χ3n) is 4.04. The summed E-state index contributed by atoms with van der Waals surface area (Å²) in [4.78, 5) is 26.4. The van der Waals surface area contributed by atoms with Crippen LogP contribution in [0.5, 0.6) is 0 Å². The summed E-state index contributed by atoms with van der Waals surface area (Å²) in [6.45, 7) is 2.47. The van der Waals surface area contributed by atoms with Crippen LogP contribution in [0.3, 0.4) is 0 Å². The molecular weight excluding hydrogens is 240 g/mol. The van der Waals surface area contributed by atoms with E-state index >= 15 is 0 Å². The van der Waals surface area contributed by atoms with Crippen molar-refractivity contribution in [1.29, 1.82) is 0 Å². The van der Waals surface area contributed by atoms with Gasteiger partial charge in [0.2, 0.25) is 11.8 Å². The van der Waals surface area contributed by atoms with Crippen LogP contribution < -0.4 is 5.32 Å². The first-order chi connectivity index (χ1) is 9.16. The molecule has 1 aliphatic heterocycles. The molecule has 0 radical (unpaired) electrons. The van der Waals surface area contributed by atoms with Crippen LogP contribution in [0.1, 0.15) is 31.7 Å². The molecule has 100 valence electrons. The highest BCUT2D eigenvalue weighted by atomic mass is 16.2. The summed E-state index contributed by atoms with van der Waals surface area (Å²) in [6.07, 6.45) is 2.21. The van der Waals surface area contributed by atoms with Gasteiger partial charge in [-0.25, -0.2) is 0 Å². The smallest absolute Gasteiger partial charge is 0.249 e. The number of nitrogens with zero attached hydrogens (tertiary/aromatic N) is 1. The van der Waals surface area contributed by atoms with Crippen molar-refractivity contribution in [3.05, 3.63) is 35.9 Å². The van der Waals surface area contributed by atoms with E-state index in [2.05, 4.69) is 5.32 Å². The van der Waals surface area contributed by atoms with Gasteiger partial charge in [0.25, 0.3) is 0 Å². The van der Waals surface area contributed by atoms with Crippen LogP contribution in [0, 0.1) is 0 Å². The number of hydrogen-bond acceptors (Lipinski definition) is 2. The minimum absolute atomic E-state index is 0.00414. The summed E-state index contributed by atoms with van der Waals surface area (Å²) in [5.41, 5.74) is 0.497. The SMILES string of the molecule is CC[C@@H]1C(=O)NC2(CC2)C(=O)N1Cc1ccccc1. The standard InChI is InChI=1S/C15H18N2O2/c1-2-12-13(18)16-15(8-9-15)14(19)17(12)10-11-6-4-3-5-7-11/h3-7,12H,2,8-10H2,1H3,(H,16,18)/t12-/m1/s1. The zero-order valence-corrected chi connectivity index (χ0v) is 11.1. The lowest BCUT2D eigenvalue weighted by molar-refractivity contribution is -0.151. The van der Waals surface area contributed by atoms with Gasteiger partial charge in [0.1, 0.15) is 11.6 Å².